The maximum absolute atomic E-state index is 13.3. The first-order valence-corrected chi connectivity index (χ1v) is 5.93. The summed E-state index contributed by atoms with van der Waals surface area (Å²) >= 11 is 0. The molecule has 1 fully saturated rings. The molecule has 1 saturated carbocycles. The van der Waals surface area contributed by atoms with E-state index in [1.807, 2.05) is 0 Å². The van der Waals surface area contributed by atoms with Gasteiger partial charge in [-0.15, -0.1) is 0 Å². The summed E-state index contributed by atoms with van der Waals surface area (Å²) in [6.45, 7) is 0. The van der Waals surface area contributed by atoms with E-state index >= 15 is 0 Å². The van der Waals surface area contributed by atoms with E-state index in [1.54, 1.807) is 0 Å². The van der Waals surface area contributed by atoms with E-state index in [1.165, 1.54) is 0 Å². The van der Waals surface area contributed by atoms with E-state index in [9.17, 15) is 22.7 Å². The van der Waals surface area contributed by atoms with Crippen molar-refractivity contribution in [2.45, 2.75) is 43.9 Å². The topological polar surface area (TPSA) is 20.2 Å². The third-order valence-corrected chi connectivity index (χ3v) is 3.41. The number of alkyl halides is 3. The van der Waals surface area contributed by atoms with Crippen molar-refractivity contribution in [2.24, 2.45) is 0 Å². The Labute approximate surface area is 102 Å². The lowest BCUT2D eigenvalue weighted by Crippen LogP contribution is -2.23. The molecule has 1 nitrogen and oxygen atoms in total. The molecule has 5 heteroatoms. The fraction of sp³-hybridized carbons (Fsp3) is 0.538. The molecule has 1 N–H and O–H groups in total. The van der Waals surface area contributed by atoms with Crippen molar-refractivity contribution in [3.63, 3.8) is 0 Å². The van der Waals surface area contributed by atoms with E-state index in [0.717, 1.165) is 25.0 Å². The van der Waals surface area contributed by atoms with Gasteiger partial charge < -0.3 is 5.11 Å². The lowest BCUT2D eigenvalue weighted by atomic mass is 9.81. The molecule has 0 saturated heterocycles. The maximum atomic E-state index is 13.3. The van der Waals surface area contributed by atoms with Crippen LogP contribution < -0.4 is 0 Å². The lowest BCUT2D eigenvalue weighted by Gasteiger charge is -2.28. The van der Waals surface area contributed by atoms with Crippen LogP contribution in [0.15, 0.2) is 18.2 Å². The Balaban J connectivity index is 2.35. The Kier molecular flexibility index (Phi) is 3.61. The highest BCUT2D eigenvalue weighted by Crippen LogP contribution is 2.37. The zero-order valence-corrected chi connectivity index (χ0v) is 9.67. The van der Waals surface area contributed by atoms with Crippen LogP contribution in [-0.2, 0) is 6.18 Å². The molecule has 18 heavy (non-hydrogen) atoms. The smallest absolute Gasteiger partial charge is 0.392 e. The molecule has 0 heterocycles. The molecule has 0 unspecified atom stereocenters. The second-order valence-corrected chi connectivity index (χ2v) is 4.73. The van der Waals surface area contributed by atoms with Gasteiger partial charge in [-0.25, -0.2) is 4.39 Å². The van der Waals surface area contributed by atoms with Crippen molar-refractivity contribution >= 4 is 0 Å². The van der Waals surface area contributed by atoms with E-state index in [4.69, 9.17) is 0 Å². The Hall–Kier alpha value is -1.10. The molecule has 100 valence electrons. The van der Waals surface area contributed by atoms with Crippen LogP contribution in [0.1, 0.15) is 42.7 Å². The number of aliphatic hydroxyl groups excluding tert-OH is 1. The third kappa shape index (κ3) is 2.83. The second-order valence-electron chi connectivity index (χ2n) is 4.73. The number of hydrogen-bond donors (Lipinski definition) is 1. The number of aliphatic hydroxyl groups is 1. The standard InChI is InChI=1S/C13H14F4O/c14-10-6-8(5-9(7-10)13(15,16)17)11-3-1-2-4-12(11)18/h5-7,11-12,18H,1-4H2/t11-,12+/m0/s1. The first-order chi connectivity index (χ1) is 8.38. The van der Waals surface area contributed by atoms with Gasteiger partial charge >= 0.3 is 6.18 Å². The number of benzene rings is 1. The fourth-order valence-electron chi connectivity index (χ4n) is 2.49. The Morgan fingerprint density at radius 2 is 1.72 bits per heavy atom. The van der Waals surface area contributed by atoms with Gasteiger partial charge in [0.15, 0.2) is 0 Å². The average Bonchev–Trinajstić information content (AvgIpc) is 2.27. The fourth-order valence-corrected chi connectivity index (χ4v) is 2.49. The van der Waals surface area contributed by atoms with Crippen LogP contribution in [0.25, 0.3) is 0 Å². The van der Waals surface area contributed by atoms with Crippen LogP contribution in [0.5, 0.6) is 0 Å². The molecular formula is C13H14F4O. The summed E-state index contributed by atoms with van der Waals surface area (Å²) in [5, 5.41) is 9.80. The molecule has 0 bridgehead atoms. The van der Waals surface area contributed by atoms with Crippen molar-refractivity contribution in [3.8, 4) is 0 Å². The minimum Gasteiger partial charge on any atom is -0.392 e. The van der Waals surface area contributed by atoms with Crippen molar-refractivity contribution in [2.75, 3.05) is 0 Å². The molecule has 2 atom stereocenters. The van der Waals surface area contributed by atoms with Gasteiger partial charge in [-0.1, -0.05) is 12.8 Å². The van der Waals surface area contributed by atoms with Crippen LogP contribution in [-0.4, -0.2) is 11.2 Å². The summed E-state index contributed by atoms with van der Waals surface area (Å²) in [7, 11) is 0. The van der Waals surface area contributed by atoms with Crippen LogP contribution in [0, 0.1) is 5.82 Å². The summed E-state index contributed by atoms with van der Waals surface area (Å²) in [6.07, 6.45) is -2.37. The predicted octanol–water partition coefficient (Wildman–Crippen LogP) is 3.86. The Morgan fingerprint density at radius 1 is 1.06 bits per heavy atom. The highest BCUT2D eigenvalue weighted by atomic mass is 19.4. The van der Waals surface area contributed by atoms with E-state index in [-0.39, 0.29) is 5.56 Å². The predicted molar refractivity (Wildman–Crippen MR) is 58.6 cm³/mol. The van der Waals surface area contributed by atoms with Crippen LogP contribution in [0.4, 0.5) is 17.6 Å². The zero-order valence-electron chi connectivity index (χ0n) is 9.67. The van der Waals surface area contributed by atoms with Gasteiger partial charge in [0.25, 0.3) is 0 Å². The Morgan fingerprint density at radius 3 is 2.33 bits per heavy atom. The summed E-state index contributed by atoms with van der Waals surface area (Å²) in [5.41, 5.74) is -0.746. The molecule has 0 radical (unpaired) electrons. The largest absolute Gasteiger partial charge is 0.416 e. The van der Waals surface area contributed by atoms with Crippen LogP contribution in [0.3, 0.4) is 0 Å². The van der Waals surface area contributed by atoms with Gasteiger partial charge in [-0.2, -0.15) is 13.2 Å². The quantitative estimate of drug-likeness (QED) is 0.762. The first-order valence-electron chi connectivity index (χ1n) is 5.93. The number of halogens is 4. The minimum atomic E-state index is -4.56. The summed E-state index contributed by atoms with van der Waals surface area (Å²) in [4.78, 5) is 0. The maximum Gasteiger partial charge on any atom is 0.416 e. The number of rotatable bonds is 1. The van der Waals surface area contributed by atoms with Crippen molar-refractivity contribution < 1.29 is 22.7 Å². The average molecular weight is 262 g/mol. The summed E-state index contributed by atoms with van der Waals surface area (Å²) in [6, 6.07) is 2.52. The van der Waals surface area contributed by atoms with Gasteiger partial charge in [0.1, 0.15) is 5.82 Å². The van der Waals surface area contributed by atoms with Crippen molar-refractivity contribution in [1.82, 2.24) is 0 Å². The van der Waals surface area contributed by atoms with Crippen molar-refractivity contribution in [3.05, 3.63) is 35.1 Å². The first kappa shape index (κ1) is 13.3. The van der Waals surface area contributed by atoms with E-state index < -0.39 is 29.6 Å². The molecule has 1 aromatic carbocycles. The van der Waals surface area contributed by atoms with Gasteiger partial charge in [0.2, 0.25) is 0 Å². The number of hydrogen-bond acceptors (Lipinski definition) is 1. The molecule has 0 spiro atoms. The minimum absolute atomic E-state index is 0.245. The monoisotopic (exact) mass is 262 g/mol. The van der Waals surface area contributed by atoms with E-state index in [2.05, 4.69) is 0 Å². The molecule has 0 amide bonds. The van der Waals surface area contributed by atoms with Gasteiger partial charge in [-0.05, 0) is 36.6 Å². The summed E-state index contributed by atoms with van der Waals surface area (Å²) < 4.78 is 51.0. The van der Waals surface area contributed by atoms with E-state index in [0.29, 0.717) is 18.9 Å². The summed E-state index contributed by atoms with van der Waals surface area (Å²) in [5.74, 6) is -1.30. The molecule has 0 aliphatic heterocycles. The molecule has 1 aromatic rings. The SMILES string of the molecule is O[C@@H]1CCCC[C@H]1c1cc(F)cc(C(F)(F)F)c1. The molecule has 2 rings (SSSR count). The highest BCUT2D eigenvalue weighted by Gasteiger charge is 2.33. The van der Waals surface area contributed by atoms with Crippen LogP contribution in [0.2, 0.25) is 0 Å². The van der Waals surface area contributed by atoms with Gasteiger partial charge in [0, 0.05) is 5.92 Å². The molecule has 1 aliphatic carbocycles. The molecular weight excluding hydrogens is 248 g/mol. The third-order valence-electron chi connectivity index (χ3n) is 3.41. The van der Waals surface area contributed by atoms with Gasteiger partial charge in [-0.3, -0.25) is 0 Å². The molecule has 0 aromatic heterocycles. The zero-order chi connectivity index (χ0) is 13.3. The normalized spacial score (nSPS) is 25.2. The van der Waals surface area contributed by atoms with Crippen LogP contribution >= 0.6 is 0 Å². The molecule has 1 aliphatic rings. The van der Waals surface area contributed by atoms with Crippen molar-refractivity contribution in [1.29, 1.82) is 0 Å². The second kappa shape index (κ2) is 4.88. The van der Waals surface area contributed by atoms with Gasteiger partial charge in [0.05, 0.1) is 11.7 Å². The highest BCUT2D eigenvalue weighted by molar-refractivity contribution is 5.30. The Bertz CT molecular complexity index is 427. The lowest BCUT2D eigenvalue weighted by molar-refractivity contribution is -0.137.